The monoisotopic (exact) mass is 290 g/mol. The SMILES string of the molecule is COc1cc(OC)c(-c2nc(C)cc(NN)n2)c(OC)c1. The van der Waals surface area contributed by atoms with Gasteiger partial charge in [0.05, 0.1) is 21.3 Å². The highest BCUT2D eigenvalue weighted by atomic mass is 16.5. The molecule has 0 aliphatic heterocycles. The van der Waals surface area contributed by atoms with Crippen molar-refractivity contribution in [1.82, 2.24) is 9.97 Å². The molecule has 3 N–H and O–H groups in total. The highest BCUT2D eigenvalue weighted by Gasteiger charge is 2.18. The lowest BCUT2D eigenvalue weighted by atomic mass is 10.1. The molecule has 0 spiro atoms. The van der Waals surface area contributed by atoms with Crippen molar-refractivity contribution >= 4 is 5.82 Å². The van der Waals surface area contributed by atoms with Crippen LogP contribution in [0.2, 0.25) is 0 Å². The zero-order valence-corrected chi connectivity index (χ0v) is 12.4. The van der Waals surface area contributed by atoms with Gasteiger partial charge in [-0.1, -0.05) is 0 Å². The maximum atomic E-state index is 5.43. The lowest BCUT2D eigenvalue weighted by Crippen LogP contribution is -2.10. The summed E-state index contributed by atoms with van der Waals surface area (Å²) in [4.78, 5) is 8.76. The lowest BCUT2D eigenvalue weighted by molar-refractivity contribution is 0.377. The zero-order chi connectivity index (χ0) is 15.4. The molecule has 1 aromatic heterocycles. The van der Waals surface area contributed by atoms with Crippen LogP contribution in [0.4, 0.5) is 5.82 Å². The maximum Gasteiger partial charge on any atom is 0.169 e. The van der Waals surface area contributed by atoms with Crippen LogP contribution >= 0.6 is 0 Å². The predicted molar refractivity (Wildman–Crippen MR) is 79.7 cm³/mol. The summed E-state index contributed by atoms with van der Waals surface area (Å²) in [5.74, 6) is 8.13. The second-order valence-corrected chi connectivity index (χ2v) is 4.27. The van der Waals surface area contributed by atoms with Crippen molar-refractivity contribution in [3.05, 3.63) is 23.9 Å². The number of nitrogens with one attached hydrogen (secondary N) is 1. The first-order valence-corrected chi connectivity index (χ1v) is 6.25. The number of anilines is 1. The summed E-state index contributed by atoms with van der Waals surface area (Å²) in [6.45, 7) is 1.86. The fourth-order valence-corrected chi connectivity index (χ4v) is 1.98. The summed E-state index contributed by atoms with van der Waals surface area (Å²) in [6, 6.07) is 5.24. The van der Waals surface area contributed by atoms with Crippen LogP contribution in [0.25, 0.3) is 11.4 Å². The highest BCUT2D eigenvalue weighted by molar-refractivity contribution is 5.74. The Hall–Kier alpha value is -2.54. The number of rotatable bonds is 5. The Bertz CT molecular complexity index is 621. The zero-order valence-electron chi connectivity index (χ0n) is 12.4. The molecule has 2 aromatic rings. The highest BCUT2D eigenvalue weighted by Crippen LogP contribution is 2.40. The van der Waals surface area contributed by atoms with Crippen molar-refractivity contribution in [1.29, 1.82) is 0 Å². The Morgan fingerprint density at radius 2 is 1.57 bits per heavy atom. The van der Waals surface area contributed by atoms with E-state index in [0.29, 0.717) is 34.5 Å². The second-order valence-electron chi connectivity index (χ2n) is 4.27. The van der Waals surface area contributed by atoms with E-state index in [1.165, 1.54) is 0 Å². The first-order valence-electron chi connectivity index (χ1n) is 6.25. The van der Waals surface area contributed by atoms with Crippen molar-refractivity contribution in [3.8, 4) is 28.6 Å². The van der Waals surface area contributed by atoms with E-state index in [-0.39, 0.29) is 0 Å². The molecule has 2 rings (SSSR count). The Morgan fingerprint density at radius 3 is 2.05 bits per heavy atom. The van der Waals surface area contributed by atoms with Crippen LogP contribution in [-0.4, -0.2) is 31.3 Å². The molecule has 0 bridgehead atoms. The standard InChI is InChI=1S/C14H18N4O3/c1-8-5-12(18-15)17-14(16-8)13-10(20-3)6-9(19-2)7-11(13)21-4/h5-7H,15H2,1-4H3,(H,16,17,18). The van der Waals surface area contributed by atoms with E-state index in [1.807, 2.05) is 6.92 Å². The number of hydrogen-bond donors (Lipinski definition) is 2. The molecule has 0 radical (unpaired) electrons. The third kappa shape index (κ3) is 2.97. The number of nitrogen functional groups attached to an aromatic ring is 1. The van der Waals surface area contributed by atoms with E-state index in [4.69, 9.17) is 20.1 Å². The predicted octanol–water partition coefficient (Wildman–Crippen LogP) is 1.76. The molecule has 1 heterocycles. The molecule has 1 aromatic carbocycles. The van der Waals surface area contributed by atoms with Gasteiger partial charge in [0.15, 0.2) is 5.82 Å². The molecule has 7 heteroatoms. The number of methoxy groups -OCH3 is 3. The van der Waals surface area contributed by atoms with Gasteiger partial charge in [-0.15, -0.1) is 0 Å². The molecular weight excluding hydrogens is 272 g/mol. The van der Waals surface area contributed by atoms with Crippen LogP contribution in [0.5, 0.6) is 17.2 Å². The summed E-state index contributed by atoms with van der Waals surface area (Å²) >= 11 is 0. The number of nitrogens with two attached hydrogens (primary N) is 1. The molecule has 0 fully saturated rings. The van der Waals surface area contributed by atoms with Gasteiger partial charge in [-0.2, -0.15) is 0 Å². The molecule has 0 atom stereocenters. The minimum atomic E-state index is 0.458. The molecule has 0 saturated heterocycles. The van der Waals surface area contributed by atoms with E-state index < -0.39 is 0 Å². The third-order valence-corrected chi connectivity index (χ3v) is 2.94. The fraction of sp³-hybridized carbons (Fsp3) is 0.286. The number of nitrogens with zero attached hydrogens (tertiary/aromatic N) is 2. The molecule has 0 amide bonds. The van der Waals surface area contributed by atoms with Crippen LogP contribution in [-0.2, 0) is 0 Å². The van der Waals surface area contributed by atoms with Gasteiger partial charge in [0, 0.05) is 23.9 Å². The van der Waals surface area contributed by atoms with Crippen molar-refractivity contribution in [2.45, 2.75) is 6.92 Å². The van der Waals surface area contributed by atoms with Gasteiger partial charge in [0.2, 0.25) is 0 Å². The summed E-state index contributed by atoms with van der Waals surface area (Å²) in [5, 5.41) is 0. The molecular formula is C14H18N4O3. The van der Waals surface area contributed by atoms with Gasteiger partial charge in [-0.05, 0) is 6.92 Å². The fourth-order valence-electron chi connectivity index (χ4n) is 1.98. The number of hydrogen-bond acceptors (Lipinski definition) is 7. The third-order valence-electron chi connectivity index (χ3n) is 2.94. The van der Waals surface area contributed by atoms with Gasteiger partial charge in [0.25, 0.3) is 0 Å². The van der Waals surface area contributed by atoms with Gasteiger partial charge >= 0.3 is 0 Å². The largest absolute Gasteiger partial charge is 0.496 e. The normalized spacial score (nSPS) is 10.1. The average Bonchev–Trinajstić information content (AvgIpc) is 2.52. The first-order chi connectivity index (χ1) is 10.1. The van der Waals surface area contributed by atoms with E-state index >= 15 is 0 Å². The van der Waals surface area contributed by atoms with Gasteiger partial charge in [-0.3, -0.25) is 0 Å². The van der Waals surface area contributed by atoms with Crippen LogP contribution in [0.1, 0.15) is 5.69 Å². The molecule has 0 aliphatic carbocycles. The Labute approximate surface area is 123 Å². The summed E-state index contributed by atoms with van der Waals surface area (Å²) < 4.78 is 16.0. The van der Waals surface area contributed by atoms with Crippen molar-refractivity contribution in [2.75, 3.05) is 26.8 Å². The Morgan fingerprint density at radius 1 is 0.952 bits per heavy atom. The first kappa shape index (κ1) is 14.9. The summed E-state index contributed by atoms with van der Waals surface area (Å²) in [5.41, 5.74) is 3.93. The quantitative estimate of drug-likeness (QED) is 0.640. The van der Waals surface area contributed by atoms with Crippen LogP contribution in [0.3, 0.4) is 0 Å². The average molecular weight is 290 g/mol. The maximum absolute atomic E-state index is 5.43. The van der Waals surface area contributed by atoms with E-state index in [1.54, 1.807) is 39.5 Å². The van der Waals surface area contributed by atoms with Crippen LogP contribution < -0.4 is 25.5 Å². The van der Waals surface area contributed by atoms with Crippen LogP contribution in [0.15, 0.2) is 18.2 Å². The molecule has 0 unspecified atom stereocenters. The number of aryl methyl sites for hydroxylation is 1. The van der Waals surface area contributed by atoms with Crippen molar-refractivity contribution in [3.63, 3.8) is 0 Å². The van der Waals surface area contributed by atoms with Crippen LogP contribution in [0, 0.1) is 6.92 Å². The minimum absolute atomic E-state index is 0.458. The molecule has 21 heavy (non-hydrogen) atoms. The van der Waals surface area contributed by atoms with Gasteiger partial charge in [0.1, 0.15) is 28.6 Å². The van der Waals surface area contributed by atoms with Crippen molar-refractivity contribution in [2.24, 2.45) is 5.84 Å². The van der Waals surface area contributed by atoms with E-state index in [2.05, 4.69) is 15.4 Å². The Kier molecular flexibility index (Phi) is 4.44. The number of hydrazine groups is 1. The second kappa shape index (κ2) is 6.27. The smallest absolute Gasteiger partial charge is 0.169 e. The molecule has 0 saturated carbocycles. The summed E-state index contributed by atoms with van der Waals surface area (Å²) in [6.07, 6.45) is 0. The van der Waals surface area contributed by atoms with Gasteiger partial charge in [-0.25, -0.2) is 15.8 Å². The molecule has 112 valence electrons. The minimum Gasteiger partial charge on any atom is -0.496 e. The topological polar surface area (TPSA) is 91.5 Å². The van der Waals surface area contributed by atoms with E-state index in [0.717, 1.165) is 5.69 Å². The molecule has 7 nitrogen and oxygen atoms in total. The summed E-state index contributed by atoms with van der Waals surface area (Å²) in [7, 11) is 4.71. The number of aromatic nitrogens is 2. The van der Waals surface area contributed by atoms with Gasteiger partial charge < -0.3 is 19.6 Å². The lowest BCUT2D eigenvalue weighted by Gasteiger charge is -2.15. The number of benzene rings is 1. The Balaban J connectivity index is 2.69. The molecule has 0 aliphatic rings. The number of ether oxygens (including phenoxy) is 3. The van der Waals surface area contributed by atoms with Crippen molar-refractivity contribution < 1.29 is 14.2 Å². The van der Waals surface area contributed by atoms with E-state index in [9.17, 15) is 0 Å².